The van der Waals surface area contributed by atoms with Crippen LogP contribution in [0.1, 0.15) is 19.0 Å². The van der Waals surface area contributed by atoms with Gasteiger partial charge in [-0.15, -0.1) is 11.6 Å². The molecule has 5 heteroatoms. The number of rotatable bonds is 5. The standard InChI is InChI=1S/C10H15ClFN3/c1-3-15(6-4-5-11)10-9(12)8(2)13-7-14-10/h7H,3-6H2,1-2H3. The van der Waals surface area contributed by atoms with E-state index in [2.05, 4.69) is 9.97 Å². The van der Waals surface area contributed by atoms with E-state index in [0.29, 0.717) is 30.5 Å². The molecule has 0 atom stereocenters. The maximum Gasteiger partial charge on any atom is 0.186 e. The highest BCUT2D eigenvalue weighted by Gasteiger charge is 2.13. The fourth-order valence-electron chi connectivity index (χ4n) is 1.33. The second kappa shape index (κ2) is 5.85. The van der Waals surface area contributed by atoms with Crippen LogP contribution < -0.4 is 4.90 Å². The number of aryl methyl sites for hydroxylation is 1. The highest BCUT2D eigenvalue weighted by molar-refractivity contribution is 6.17. The van der Waals surface area contributed by atoms with Gasteiger partial charge >= 0.3 is 0 Å². The molecule has 1 rings (SSSR count). The van der Waals surface area contributed by atoms with Gasteiger partial charge in [0.1, 0.15) is 6.33 Å². The predicted molar refractivity (Wildman–Crippen MR) is 60.0 cm³/mol. The van der Waals surface area contributed by atoms with E-state index < -0.39 is 0 Å². The van der Waals surface area contributed by atoms with E-state index in [1.165, 1.54) is 6.33 Å². The van der Waals surface area contributed by atoms with Gasteiger partial charge in [-0.2, -0.15) is 0 Å². The second-order valence-corrected chi connectivity index (χ2v) is 3.60. The third-order valence-corrected chi connectivity index (χ3v) is 2.46. The van der Waals surface area contributed by atoms with Crippen molar-refractivity contribution in [2.45, 2.75) is 20.3 Å². The van der Waals surface area contributed by atoms with Gasteiger partial charge < -0.3 is 4.90 Å². The molecular formula is C10H15ClFN3. The Morgan fingerprint density at radius 1 is 1.47 bits per heavy atom. The van der Waals surface area contributed by atoms with Crippen LogP contribution >= 0.6 is 11.6 Å². The molecule has 84 valence electrons. The normalized spacial score (nSPS) is 10.4. The molecule has 0 fully saturated rings. The summed E-state index contributed by atoms with van der Waals surface area (Å²) in [6.07, 6.45) is 2.20. The molecule has 1 heterocycles. The van der Waals surface area contributed by atoms with Gasteiger partial charge in [0, 0.05) is 19.0 Å². The van der Waals surface area contributed by atoms with Crippen molar-refractivity contribution in [2.75, 3.05) is 23.9 Å². The Balaban J connectivity index is 2.86. The fraction of sp³-hybridized carbons (Fsp3) is 0.600. The Morgan fingerprint density at radius 3 is 2.80 bits per heavy atom. The maximum absolute atomic E-state index is 13.7. The number of aromatic nitrogens is 2. The molecule has 0 aliphatic rings. The predicted octanol–water partition coefficient (Wildman–Crippen LogP) is 2.38. The molecule has 1 aromatic heterocycles. The molecule has 0 spiro atoms. The van der Waals surface area contributed by atoms with Gasteiger partial charge in [0.05, 0.1) is 5.69 Å². The van der Waals surface area contributed by atoms with Gasteiger partial charge in [-0.25, -0.2) is 14.4 Å². The molecule has 1 aromatic rings. The average molecular weight is 232 g/mol. The van der Waals surface area contributed by atoms with Crippen LogP contribution in [0.4, 0.5) is 10.2 Å². The molecular weight excluding hydrogens is 217 g/mol. The first-order valence-corrected chi connectivity index (χ1v) is 5.52. The number of hydrogen-bond donors (Lipinski definition) is 0. The molecule has 3 nitrogen and oxygen atoms in total. The Bertz CT molecular complexity index is 320. The lowest BCUT2D eigenvalue weighted by atomic mass is 10.3. The topological polar surface area (TPSA) is 29.0 Å². The molecule has 0 aliphatic carbocycles. The van der Waals surface area contributed by atoms with Gasteiger partial charge in [-0.05, 0) is 20.3 Å². The van der Waals surface area contributed by atoms with E-state index in [4.69, 9.17) is 11.6 Å². The van der Waals surface area contributed by atoms with Gasteiger partial charge in [0.25, 0.3) is 0 Å². The van der Waals surface area contributed by atoms with Crippen molar-refractivity contribution in [1.82, 2.24) is 9.97 Å². The van der Waals surface area contributed by atoms with Crippen molar-refractivity contribution in [3.63, 3.8) is 0 Å². The lowest BCUT2D eigenvalue weighted by Crippen LogP contribution is -2.26. The molecule has 15 heavy (non-hydrogen) atoms. The first-order chi connectivity index (χ1) is 7.20. The summed E-state index contributed by atoms with van der Waals surface area (Å²) in [7, 11) is 0. The van der Waals surface area contributed by atoms with Gasteiger partial charge in [0.15, 0.2) is 11.6 Å². The molecule has 0 saturated carbocycles. The Hall–Kier alpha value is -0.900. The summed E-state index contributed by atoms with van der Waals surface area (Å²) in [4.78, 5) is 9.62. The van der Waals surface area contributed by atoms with Gasteiger partial charge in [0.2, 0.25) is 0 Å². The minimum absolute atomic E-state index is 0.339. The minimum Gasteiger partial charge on any atom is -0.354 e. The van der Waals surface area contributed by atoms with Crippen LogP contribution in [0.5, 0.6) is 0 Å². The summed E-state index contributed by atoms with van der Waals surface area (Å²) < 4.78 is 13.7. The highest BCUT2D eigenvalue weighted by Crippen LogP contribution is 2.17. The molecule has 0 aromatic carbocycles. The summed E-state index contributed by atoms with van der Waals surface area (Å²) in [6.45, 7) is 5.03. The summed E-state index contributed by atoms with van der Waals surface area (Å²) in [5.41, 5.74) is 0.379. The number of anilines is 1. The minimum atomic E-state index is -0.339. The Labute approximate surface area is 94.3 Å². The summed E-state index contributed by atoms with van der Waals surface area (Å²) in [6, 6.07) is 0. The first-order valence-electron chi connectivity index (χ1n) is 4.98. The van der Waals surface area contributed by atoms with Crippen molar-refractivity contribution in [3.8, 4) is 0 Å². The summed E-state index contributed by atoms with van der Waals surface area (Å²) >= 11 is 5.61. The monoisotopic (exact) mass is 231 g/mol. The van der Waals surface area contributed by atoms with E-state index in [1.807, 2.05) is 11.8 Å². The molecule has 0 saturated heterocycles. The lowest BCUT2D eigenvalue weighted by Gasteiger charge is -2.21. The van der Waals surface area contributed by atoms with Crippen LogP contribution in [0, 0.1) is 12.7 Å². The first kappa shape index (κ1) is 12.2. The van der Waals surface area contributed by atoms with Gasteiger partial charge in [-0.1, -0.05) is 0 Å². The lowest BCUT2D eigenvalue weighted by molar-refractivity contribution is 0.590. The highest BCUT2D eigenvalue weighted by atomic mass is 35.5. The van der Waals surface area contributed by atoms with Crippen molar-refractivity contribution in [1.29, 1.82) is 0 Å². The Morgan fingerprint density at radius 2 is 2.20 bits per heavy atom. The zero-order chi connectivity index (χ0) is 11.3. The van der Waals surface area contributed by atoms with Crippen LogP contribution in [0.25, 0.3) is 0 Å². The van der Waals surface area contributed by atoms with Crippen molar-refractivity contribution < 1.29 is 4.39 Å². The summed E-state index contributed by atoms with van der Waals surface area (Å²) in [5.74, 6) is 0.603. The summed E-state index contributed by atoms with van der Waals surface area (Å²) in [5, 5.41) is 0. The number of nitrogens with zero attached hydrogens (tertiary/aromatic N) is 3. The van der Waals surface area contributed by atoms with Crippen LogP contribution in [-0.2, 0) is 0 Å². The molecule has 0 aliphatic heterocycles. The average Bonchev–Trinajstić information content (AvgIpc) is 2.25. The molecule has 0 radical (unpaired) electrons. The SMILES string of the molecule is CCN(CCCCl)c1ncnc(C)c1F. The van der Waals surface area contributed by atoms with E-state index in [0.717, 1.165) is 6.42 Å². The number of alkyl halides is 1. The van der Waals surface area contributed by atoms with E-state index in [-0.39, 0.29) is 5.82 Å². The van der Waals surface area contributed by atoms with Crippen LogP contribution in [0.15, 0.2) is 6.33 Å². The third-order valence-electron chi connectivity index (χ3n) is 2.19. The zero-order valence-corrected chi connectivity index (χ0v) is 9.76. The van der Waals surface area contributed by atoms with Crippen LogP contribution in [-0.4, -0.2) is 28.9 Å². The van der Waals surface area contributed by atoms with Gasteiger partial charge in [-0.3, -0.25) is 0 Å². The van der Waals surface area contributed by atoms with Crippen molar-refractivity contribution >= 4 is 17.4 Å². The molecule has 0 bridgehead atoms. The largest absolute Gasteiger partial charge is 0.354 e. The smallest absolute Gasteiger partial charge is 0.186 e. The van der Waals surface area contributed by atoms with Crippen molar-refractivity contribution in [2.24, 2.45) is 0 Å². The van der Waals surface area contributed by atoms with Crippen LogP contribution in [0.3, 0.4) is 0 Å². The van der Waals surface area contributed by atoms with E-state index >= 15 is 0 Å². The van der Waals surface area contributed by atoms with E-state index in [1.54, 1.807) is 6.92 Å². The van der Waals surface area contributed by atoms with E-state index in [9.17, 15) is 4.39 Å². The third kappa shape index (κ3) is 3.02. The fourth-order valence-corrected chi connectivity index (χ4v) is 1.45. The van der Waals surface area contributed by atoms with Crippen LogP contribution in [0.2, 0.25) is 0 Å². The zero-order valence-electron chi connectivity index (χ0n) is 9.00. The molecule has 0 amide bonds. The number of halogens is 2. The maximum atomic E-state index is 13.7. The molecule has 0 N–H and O–H groups in total. The molecule has 0 unspecified atom stereocenters. The van der Waals surface area contributed by atoms with Crippen molar-refractivity contribution in [3.05, 3.63) is 17.8 Å². The number of hydrogen-bond acceptors (Lipinski definition) is 3. The quantitative estimate of drug-likeness (QED) is 0.729. The second-order valence-electron chi connectivity index (χ2n) is 3.22. The Kier molecular flexibility index (Phi) is 4.75.